The zero-order valence-electron chi connectivity index (χ0n) is 17.4. The van der Waals surface area contributed by atoms with Gasteiger partial charge in [0.25, 0.3) is 5.56 Å². The van der Waals surface area contributed by atoms with Gasteiger partial charge in [-0.15, -0.1) is 15.3 Å². The van der Waals surface area contributed by atoms with Crippen LogP contribution in [0.1, 0.15) is 0 Å². The van der Waals surface area contributed by atoms with E-state index in [1.807, 2.05) is 47.0 Å². The number of halogens is 1. The van der Waals surface area contributed by atoms with E-state index in [9.17, 15) is 4.79 Å². The molecule has 0 radical (unpaired) electrons. The number of rotatable bonds is 6. The highest BCUT2D eigenvalue weighted by Gasteiger charge is 2.17. The van der Waals surface area contributed by atoms with Crippen molar-refractivity contribution in [3.05, 3.63) is 88.2 Å². The van der Waals surface area contributed by atoms with Gasteiger partial charge in [0.1, 0.15) is 11.3 Å². The van der Waals surface area contributed by atoms with Gasteiger partial charge in [-0.3, -0.25) is 9.36 Å². The molecule has 0 spiro atoms. The van der Waals surface area contributed by atoms with Crippen molar-refractivity contribution in [3.63, 3.8) is 0 Å². The predicted octanol–water partition coefficient (Wildman–Crippen LogP) is 4.45. The minimum atomic E-state index is -0.210. The normalized spacial score (nSPS) is 11.1. The highest BCUT2D eigenvalue weighted by Crippen LogP contribution is 2.30. The van der Waals surface area contributed by atoms with Gasteiger partial charge < -0.3 is 4.74 Å². The fourth-order valence-corrected chi connectivity index (χ4v) is 4.31. The molecule has 3 aromatic carbocycles. The summed E-state index contributed by atoms with van der Waals surface area (Å²) in [6.45, 7) is 0. The van der Waals surface area contributed by atoms with Crippen molar-refractivity contribution in [1.82, 2.24) is 29.8 Å². The zero-order valence-corrected chi connectivity index (χ0v) is 19.0. The second kappa shape index (κ2) is 9.05. The lowest BCUT2D eigenvalue weighted by atomic mass is 10.2. The molecule has 2 aromatic heterocycles. The van der Waals surface area contributed by atoms with Gasteiger partial charge in [0.05, 0.1) is 18.4 Å². The van der Waals surface area contributed by atoms with Crippen LogP contribution in [0.4, 0.5) is 0 Å². The molecule has 0 saturated carbocycles. The van der Waals surface area contributed by atoms with Crippen molar-refractivity contribution < 1.29 is 4.74 Å². The SMILES string of the molecule is COc1cccc(-c2nnc(SCn3nnc4ccccc4c3=O)n2-c2ccc(Cl)cc2)c1. The number of fused-ring (bicyclic) bond motifs is 1. The molecule has 8 nitrogen and oxygen atoms in total. The third kappa shape index (κ3) is 4.20. The summed E-state index contributed by atoms with van der Waals surface area (Å²) < 4.78 is 8.60. The standard InChI is InChI=1S/C23H17ClN6O2S/c1-32-18-6-4-5-15(13-18)21-26-27-23(30(21)17-11-9-16(24)10-12-17)33-14-29-22(31)19-7-2-3-8-20(19)25-28-29/h2-13H,14H2,1H3. The smallest absolute Gasteiger partial charge is 0.278 e. The van der Waals surface area contributed by atoms with Crippen LogP contribution in [0.15, 0.2) is 82.7 Å². The van der Waals surface area contributed by atoms with E-state index in [4.69, 9.17) is 16.3 Å². The topological polar surface area (TPSA) is 87.7 Å². The Kier molecular flexibility index (Phi) is 5.80. The average Bonchev–Trinajstić information content (AvgIpc) is 3.28. The molecule has 0 saturated heterocycles. The van der Waals surface area contributed by atoms with Crippen molar-refractivity contribution >= 4 is 34.3 Å². The van der Waals surface area contributed by atoms with Gasteiger partial charge in [-0.2, -0.15) is 4.68 Å². The van der Waals surface area contributed by atoms with Gasteiger partial charge in [0.15, 0.2) is 11.0 Å². The molecule has 0 aliphatic heterocycles. The predicted molar refractivity (Wildman–Crippen MR) is 128 cm³/mol. The number of hydrogen-bond donors (Lipinski definition) is 0. The maximum atomic E-state index is 12.8. The van der Waals surface area contributed by atoms with Crippen LogP contribution in [0.5, 0.6) is 5.75 Å². The first-order chi connectivity index (χ1) is 16.1. The first kappa shape index (κ1) is 21.2. The maximum Gasteiger partial charge on any atom is 0.278 e. The third-order valence-corrected chi connectivity index (χ3v) is 6.14. The minimum absolute atomic E-state index is 0.210. The highest BCUT2D eigenvalue weighted by atomic mass is 35.5. The summed E-state index contributed by atoms with van der Waals surface area (Å²) in [5.41, 5.74) is 2.03. The molecule has 164 valence electrons. The first-order valence-electron chi connectivity index (χ1n) is 9.95. The van der Waals surface area contributed by atoms with E-state index in [2.05, 4.69) is 20.5 Å². The van der Waals surface area contributed by atoms with Crippen LogP contribution in [0, 0.1) is 0 Å². The Morgan fingerprint density at radius 2 is 1.79 bits per heavy atom. The van der Waals surface area contributed by atoms with Gasteiger partial charge >= 0.3 is 0 Å². The molecule has 2 heterocycles. The van der Waals surface area contributed by atoms with E-state index in [-0.39, 0.29) is 11.4 Å². The average molecular weight is 477 g/mol. The molecule has 0 amide bonds. The van der Waals surface area contributed by atoms with Crippen molar-refractivity contribution in [2.45, 2.75) is 11.0 Å². The lowest BCUT2D eigenvalue weighted by Gasteiger charge is -2.11. The number of benzene rings is 3. The molecule has 33 heavy (non-hydrogen) atoms. The van der Waals surface area contributed by atoms with Crippen LogP contribution in [-0.4, -0.2) is 36.9 Å². The Bertz CT molecular complexity index is 1500. The van der Waals surface area contributed by atoms with Gasteiger partial charge in [0, 0.05) is 16.3 Å². The number of hydrogen-bond acceptors (Lipinski definition) is 7. The molecule has 0 fully saturated rings. The monoisotopic (exact) mass is 476 g/mol. The summed E-state index contributed by atoms with van der Waals surface area (Å²) in [4.78, 5) is 12.8. The fraction of sp³-hybridized carbons (Fsp3) is 0.0870. The van der Waals surface area contributed by atoms with E-state index in [0.29, 0.717) is 32.7 Å². The third-order valence-electron chi connectivity index (χ3n) is 4.99. The fourth-order valence-electron chi connectivity index (χ4n) is 3.36. The lowest BCUT2D eigenvalue weighted by Crippen LogP contribution is -2.23. The van der Waals surface area contributed by atoms with E-state index in [1.165, 1.54) is 16.4 Å². The Morgan fingerprint density at radius 1 is 0.970 bits per heavy atom. The number of thioether (sulfide) groups is 1. The molecule has 0 unspecified atom stereocenters. The summed E-state index contributed by atoms with van der Waals surface area (Å²) in [6.07, 6.45) is 0. The Labute approximate surface area is 197 Å². The first-order valence-corrected chi connectivity index (χ1v) is 11.3. The van der Waals surface area contributed by atoms with E-state index in [0.717, 1.165) is 11.3 Å². The highest BCUT2D eigenvalue weighted by molar-refractivity contribution is 7.98. The van der Waals surface area contributed by atoms with Crippen LogP contribution in [0.2, 0.25) is 5.02 Å². The molecule has 0 aliphatic rings. The van der Waals surface area contributed by atoms with E-state index < -0.39 is 0 Å². The maximum absolute atomic E-state index is 12.8. The van der Waals surface area contributed by atoms with Crippen molar-refractivity contribution in [3.8, 4) is 22.8 Å². The van der Waals surface area contributed by atoms with Crippen molar-refractivity contribution in [2.75, 3.05) is 7.11 Å². The van der Waals surface area contributed by atoms with Crippen molar-refractivity contribution in [2.24, 2.45) is 0 Å². The summed E-state index contributed by atoms with van der Waals surface area (Å²) in [5, 5.41) is 18.8. The summed E-state index contributed by atoms with van der Waals surface area (Å²) in [5.74, 6) is 1.57. The van der Waals surface area contributed by atoms with Crippen molar-refractivity contribution in [1.29, 1.82) is 0 Å². The molecular weight excluding hydrogens is 460 g/mol. The van der Waals surface area contributed by atoms with Crippen LogP contribution < -0.4 is 10.3 Å². The van der Waals surface area contributed by atoms with Gasteiger partial charge in [-0.05, 0) is 48.5 Å². The van der Waals surface area contributed by atoms with E-state index in [1.54, 1.807) is 37.4 Å². The van der Waals surface area contributed by atoms with Gasteiger partial charge in [-0.25, -0.2) is 0 Å². The number of nitrogens with zero attached hydrogens (tertiary/aromatic N) is 6. The number of aromatic nitrogens is 6. The quantitative estimate of drug-likeness (QED) is 0.334. The molecule has 0 atom stereocenters. The summed E-state index contributed by atoms with van der Waals surface area (Å²) in [7, 11) is 1.62. The Hall–Kier alpha value is -3.69. The largest absolute Gasteiger partial charge is 0.497 e. The minimum Gasteiger partial charge on any atom is -0.497 e. The van der Waals surface area contributed by atoms with Gasteiger partial charge in [0.2, 0.25) is 0 Å². The molecule has 10 heteroatoms. The summed E-state index contributed by atoms with van der Waals surface area (Å²) >= 11 is 7.43. The molecule has 0 bridgehead atoms. The van der Waals surface area contributed by atoms with Gasteiger partial charge in [-0.1, -0.05) is 52.8 Å². The van der Waals surface area contributed by atoms with E-state index >= 15 is 0 Å². The molecular formula is C23H17ClN6O2S. The second-order valence-electron chi connectivity index (χ2n) is 7.03. The van der Waals surface area contributed by atoms with Crippen LogP contribution in [0.25, 0.3) is 28.0 Å². The summed E-state index contributed by atoms with van der Waals surface area (Å²) in [6, 6.07) is 22.1. The number of ether oxygens (including phenoxy) is 1. The second-order valence-corrected chi connectivity index (χ2v) is 8.38. The molecule has 5 rings (SSSR count). The van der Waals surface area contributed by atoms with Crippen LogP contribution in [-0.2, 0) is 5.88 Å². The van der Waals surface area contributed by atoms with Crippen LogP contribution >= 0.6 is 23.4 Å². The Balaban J connectivity index is 1.55. The molecule has 0 aliphatic carbocycles. The Morgan fingerprint density at radius 3 is 2.61 bits per heavy atom. The molecule has 5 aromatic rings. The van der Waals surface area contributed by atoms with Crippen LogP contribution in [0.3, 0.4) is 0 Å². The number of methoxy groups -OCH3 is 1. The molecule has 0 N–H and O–H groups in total. The zero-order chi connectivity index (χ0) is 22.8. The lowest BCUT2D eigenvalue weighted by molar-refractivity contribution is 0.415.